The molecule has 132 valence electrons. The van der Waals surface area contributed by atoms with Crippen LogP contribution in [0.15, 0.2) is 48.5 Å². The molecule has 0 bridgehead atoms. The Morgan fingerprint density at radius 1 is 1.00 bits per heavy atom. The molecule has 4 nitrogen and oxygen atoms in total. The minimum Gasteiger partial charge on any atom is -0.492 e. The zero-order valence-electron chi connectivity index (χ0n) is 14.5. The lowest BCUT2D eigenvalue weighted by atomic mass is 10.0. The molecule has 2 aromatic carbocycles. The van der Waals surface area contributed by atoms with Crippen LogP contribution in [0.5, 0.6) is 5.75 Å². The second kappa shape index (κ2) is 8.97. The third-order valence-electron chi connectivity index (χ3n) is 3.87. The first-order valence-electron chi connectivity index (χ1n) is 8.18. The van der Waals surface area contributed by atoms with Crippen molar-refractivity contribution in [3.05, 3.63) is 65.5 Å². The van der Waals surface area contributed by atoms with Crippen LogP contribution in [0, 0.1) is 12.7 Å². The number of ether oxygens (including phenoxy) is 1. The van der Waals surface area contributed by atoms with Gasteiger partial charge in [0.25, 0.3) is 0 Å². The Morgan fingerprint density at radius 3 is 2.28 bits per heavy atom. The Hall–Kier alpha value is -2.69. The standard InChI is InChI=1S/C20H22FNO3/c1-15-3-5-16(6-4-15)19(23)11-12-20(24)22(2)13-14-25-18-9-7-17(21)8-10-18/h3-10H,11-14H2,1-2H3. The second-order valence-electron chi connectivity index (χ2n) is 5.91. The van der Waals surface area contributed by atoms with Crippen LogP contribution in [0.2, 0.25) is 0 Å². The normalized spacial score (nSPS) is 10.4. The number of ketones is 1. The largest absolute Gasteiger partial charge is 0.492 e. The van der Waals surface area contributed by atoms with Crippen LogP contribution >= 0.6 is 0 Å². The molecule has 0 aliphatic rings. The highest BCUT2D eigenvalue weighted by atomic mass is 19.1. The molecule has 0 aliphatic heterocycles. The monoisotopic (exact) mass is 343 g/mol. The summed E-state index contributed by atoms with van der Waals surface area (Å²) in [6.45, 7) is 2.66. The van der Waals surface area contributed by atoms with Gasteiger partial charge in [-0.3, -0.25) is 9.59 Å². The van der Waals surface area contributed by atoms with Gasteiger partial charge in [0.2, 0.25) is 5.91 Å². The molecule has 1 amide bonds. The third-order valence-corrected chi connectivity index (χ3v) is 3.87. The highest BCUT2D eigenvalue weighted by Gasteiger charge is 2.12. The molecule has 0 heterocycles. The van der Waals surface area contributed by atoms with Gasteiger partial charge in [-0.1, -0.05) is 29.8 Å². The Bertz CT molecular complexity index is 711. The van der Waals surface area contributed by atoms with E-state index in [9.17, 15) is 14.0 Å². The van der Waals surface area contributed by atoms with E-state index in [1.54, 1.807) is 19.2 Å². The number of Topliss-reactive ketones (excluding diaryl/α,β-unsaturated/α-hetero) is 1. The van der Waals surface area contributed by atoms with Crippen molar-refractivity contribution in [3.63, 3.8) is 0 Å². The van der Waals surface area contributed by atoms with Crippen LogP contribution in [0.1, 0.15) is 28.8 Å². The molecule has 2 aromatic rings. The first-order valence-corrected chi connectivity index (χ1v) is 8.18. The highest BCUT2D eigenvalue weighted by Crippen LogP contribution is 2.11. The summed E-state index contributed by atoms with van der Waals surface area (Å²) in [7, 11) is 1.67. The van der Waals surface area contributed by atoms with Crippen molar-refractivity contribution in [2.75, 3.05) is 20.2 Å². The Morgan fingerprint density at radius 2 is 1.64 bits per heavy atom. The molecule has 0 fully saturated rings. The molecule has 5 heteroatoms. The second-order valence-corrected chi connectivity index (χ2v) is 5.91. The summed E-state index contributed by atoms with van der Waals surface area (Å²) >= 11 is 0. The first-order chi connectivity index (χ1) is 12.0. The van der Waals surface area contributed by atoms with E-state index < -0.39 is 0 Å². The third kappa shape index (κ3) is 6.03. The van der Waals surface area contributed by atoms with Gasteiger partial charge in [-0.05, 0) is 31.2 Å². The van der Waals surface area contributed by atoms with Gasteiger partial charge in [0.15, 0.2) is 5.78 Å². The fraction of sp³-hybridized carbons (Fsp3) is 0.300. The van der Waals surface area contributed by atoms with E-state index in [2.05, 4.69) is 0 Å². The van der Waals surface area contributed by atoms with Crippen molar-refractivity contribution < 1.29 is 18.7 Å². The van der Waals surface area contributed by atoms with Gasteiger partial charge >= 0.3 is 0 Å². The fourth-order valence-electron chi connectivity index (χ4n) is 2.25. The molecule has 0 saturated carbocycles. The Kier molecular flexibility index (Phi) is 6.69. The Labute approximate surface area is 147 Å². The summed E-state index contributed by atoms with van der Waals surface area (Å²) in [5, 5.41) is 0. The maximum atomic E-state index is 12.8. The number of rotatable bonds is 8. The number of carbonyl (C=O) groups is 2. The maximum Gasteiger partial charge on any atom is 0.222 e. The number of carbonyl (C=O) groups excluding carboxylic acids is 2. The summed E-state index contributed by atoms with van der Waals surface area (Å²) in [6.07, 6.45) is 0.352. The molecule has 2 rings (SSSR count). The minimum atomic E-state index is -0.321. The van der Waals surface area contributed by atoms with E-state index in [1.807, 2.05) is 19.1 Å². The van der Waals surface area contributed by atoms with Gasteiger partial charge in [-0.15, -0.1) is 0 Å². The predicted octanol–water partition coefficient (Wildman–Crippen LogP) is 3.63. The number of amides is 1. The van der Waals surface area contributed by atoms with Crippen LogP contribution in [-0.4, -0.2) is 36.8 Å². The van der Waals surface area contributed by atoms with E-state index in [0.717, 1.165) is 5.56 Å². The van der Waals surface area contributed by atoms with Crippen LogP contribution in [-0.2, 0) is 4.79 Å². The number of benzene rings is 2. The number of hydrogen-bond donors (Lipinski definition) is 0. The van der Waals surface area contributed by atoms with Crippen molar-refractivity contribution in [1.82, 2.24) is 4.90 Å². The molecular weight excluding hydrogens is 321 g/mol. The van der Waals surface area contributed by atoms with Gasteiger partial charge in [-0.25, -0.2) is 4.39 Å². The fourth-order valence-corrected chi connectivity index (χ4v) is 2.25. The van der Waals surface area contributed by atoms with Gasteiger partial charge < -0.3 is 9.64 Å². The van der Waals surface area contributed by atoms with Gasteiger partial charge in [0.05, 0.1) is 6.54 Å². The number of likely N-dealkylation sites (N-methyl/N-ethyl adjacent to an activating group) is 1. The molecule has 0 unspecified atom stereocenters. The molecule has 0 N–H and O–H groups in total. The molecule has 0 radical (unpaired) electrons. The smallest absolute Gasteiger partial charge is 0.222 e. The van der Waals surface area contributed by atoms with E-state index in [4.69, 9.17) is 4.74 Å². The predicted molar refractivity (Wildman–Crippen MR) is 94.3 cm³/mol. The molecule has 0 spiro atoms. The van der Waals surface area contributed by atoms with Gasteiger partial charge in [-0.2, -0.15) is 0 Å². The van der Waals surface area contributed by atoms with E-state index in [1.165, 1.54) is 29.2 Å². The zero-order valence-corrected chi connectivity index (χ0v) is 14.5. The van der Waals surface area contributed by atoms with Gasteiger partial charge in [0, 0.05) is 25.5 Å². The van der Waals surface area contributed by atoms with Crippen molar-refractivity contribution in [3.8, 4) is 5.75 Å². The summed E-state index contributed by atoms with van der Waals surface area (Å²) in [5.41, 5.74) is 1.72. The van der Waals surface area contributed by atoms with Crippen LogP contribution in [0.4, 0.5) is 4.39 Å². The average Bonchev–Trinajstić information content (AvgIpc) is 2.61. The lowest BCUT2D eigenvalue weighted by Crippen LogP contribution is -2.31. The molecule has 0 aliphatic carbocycles. The summed E-state index contributed by atoms with van der Waals surface area (Å²) in [6, 6.07) is 13.0. The zero-order chi connectivity index (χ0) is 18.2. The molecule has 25 heavy (non-hydrogen) atoms. The number of aryl methyl sites for hydroxylation is 1. The van der Waals surface area contributed by atoms with E-state index >= 15 is 0 Å². The highest BCUT2D eigenvalue weighted by molar-refractivity contribution is 5.97. The Balaban J connectivity index is 1.71. The van der Waals surface area contributed by atoms with E-state index in [-0.39, 0.29) is 30.3 Å². The molecule has 0 saturated heterocycles. The van der Waals surface area contributed by atoms with Crippen molar-refractivity contribution in [2.24, 2.45) is 0 Å². The summed E-state index contributed by atoms with van der Waals surface area (Å²) in [5.74, 6) is 0.0853. The number of nitrogens with zero attached hydrogens (tertiary/aromatic N) is 1. The summed E-state index contributed by atoms with van der Waals surface area (Å²) in [4.78, 5) is 25.7. The minimum absolute atomic E-state index is 0.0377. The lowest BCUT2D eigenvalue weighted by Gasteiger charge is -2.17. The number of hydrogen-bond acceptors (Lipinski definition) is 3. The molecule has 0 aromatic heterocycles. The quantitative estimate of drug-likeness (QED) is 0.688. The number of halogens is 1. The van der Waals surface area contributed by atoms with Crippen molar-refractivity contribution >= 4 is 11.7 Å². The van der Waals surface area contributed by atoms with Crippen LogP contribution in [0.25, 0.3) is 0 Å². The average molecular weight is 343 g/mol. The lowest BCUT2D eigenvalue weighted by molar-refractivity contribution is -0.130. The molecule has 0 atom stereocenters. The first kappa shape index (κ1) is 18.6. The van der Waals surface area contributed by atoms with Crippen molar-refractivity contribution in [1.29, 1.82) is 0 Å². The van der Waals surface area contributed by atoms with Gasteiger partial charge in [0.1, 0.15) is 18.2 Å². The van der Waals surface area contributed by atoms with Crippen LogP contribution < -0.4 is 4.74 Å². The van der Waals surface area contributed by atoms with Crippen molar-refractivity contribution in [2.45, 2.75) is 19.8 Å². The maximum absolute atomic E-state index is 12.8. The van der Waals surface area contributed by atoms with E-state index in [0.29, 0.717) is 24.5 Å². The SMILES string of the molecule is Cc1ccc(C(=O)CCC(=O)N(C)CCOc2ccc(F)cc2)cc1. The topological polar surface area (TPSA) is 46.6 Å². The molecular formula is C20H22FNO3. The summed E-state index contributed by atoms with van der Waals surface area (Å²) < 4.78 is 18.3. The van der Waals surface area contributed by atoms with Crippen LogP contribution in [0.3, 0.4) is 0 Å².